The van der Waals surface area contributed by atoms with Gasteiger partial charge in [0.05, 0.1) is 5.02 Å². The van der Waals surface area contributed by atoms with Crippen molar-refractivity contribution >= 4 is 27.5 Å². The number of piperidine rings is 1. The summed E-state index contributed by atoms with van der Waals surface area (Å²) in [5, 5.41) is 4.44. The summed E-state index contributed by atoms with van der Waals surface area (Å²) in [6.07, 6.45) is 2.45. The molecule has 0 radical (unpaired) electrons. The maximum absolute atomic E-state index is 6.12. The van der Waals surface area contributed by atoms with Gasteiger partial charge in [-0.05, 0) is 67.2 Å². The van der Waals surface area contributed by atoms with Crippen molar-refractivity contribution in [1.29, 1.82) is 0 Å². The van der Waals surface area contributed by atoms with Gasteiger partial charge in [0.2, 0.25) is 0 Å². The molecule has 0 saturated carbocycles. The zero-order chi connectivity index (χ0) is 14.8. The molecule has 1 aliphatic heterocycles. The smallest absolute Gasteiger partial charge is 0.0551 e. The van der Waals surface area contributed by atoms with Crippen LogP contribution in [0.1, 0.15) is 39.2 Å². The average Bonchev–Trinajstić information content (AvgIpc) is 2.40. The van der Waals surface area contributed by atoms with Gasteiger partial charge in [0.25, 0.3) is 0 Å². The highest BCUT2D eigenvalue weighted by Gasteiger charge is 2.26. The Kier molecular flexibility index (Phi) is 5.52. The predicted octanol–water partition coefficient (Wildman–Crippen LogP) is 4.46. The standard InChI is InChI=1S/C16H24BrClN2/c1-16(2,3)20-8-6-13(7-9-20)19-11-12-4-5-14(17)15(18)10-12/h4-5,10,13,19H,6-9,11H2,1-3H3. The minimum absolute atomic E-state index is 0.296. The van der Waals surface area contributed by atoms with Gasteiger partial charge in [-0.1, -0.05) is 17.7 Å². The summed E-state index contributed by atoms with van der Waals surface area (Å²) in [5.41, 5.74) is 1.54. The fourth-order valence-corrected chi connectivity index (χ4v) is 3.12. The Bertz CT molecular complexity index is 448. The largest absolute Gasteiger partial charge is 0.310 e. The SMILES string of the molecule is CC(C)(C)N1CCC(NCc2ccc(Br)c(Cl)c2)CC1. The van der Waals surface area contributed by atoms with E-state index in [-0.39, 0.29) is 0 Å². The molecule has 112 valence electrons. The normalized spacial score (nSPS) is 18.4. The molecule has 1 heterocycles. The highest BCUT2D eigenvalue weighted by atomic mass is 79.9. The number of hydrogen-bond donors (Lipinski definition) is 1. The maximum atomic E-state index is 6.12. The summed E-state index contributed by atoms with van der Waals surface area (Å²) in [6.45, 7) is 10.2. The first-order chi connectivity index (χ1) is 9.36. The zero-order valence-electron chi connectivity index (χ0n) is 12.5. The number of rotatable bonds is 3. The van der Waals surface area contributed by atoms with E-state index in [2.05, 4.69) is 53.0 Å². The highest BCUT2D eigenvalue weighted by molar-refractivity contribution is 9.10. The molecule has 0 unspecified atom stereocenters. The van der Waals surface area contributed by atoms with Crippen LogP contribution in [-0.2, 0) is 6.54 Å². The molecule has 1 aromatic carbocycles. The highest BCUT2D eigenvalue weighted by Crippen LogP contribution is 2.24. The van der Waals surface area contributed by atoms with Gasteiger partial charge in [-0.25, -0.2) is 0 Å². The fraction of sp³-hybridized carbons (Fsp3) is 0.625. The van der Waals surface area contributed by atoms with Crippen molar-refractivity contribution in [2.24, 2.45) is 0 Å². The third-order valence-electron chi connectivity index (χ3n) is 4.02. The molecular weight excluding hydrogens is 336 g/mol. The Morgan fingerprint density at radius 1 is 1.30 bits per heavy atom. The van der Waals surface area contributed by atoms with E-state index in [1.807, 2.05) is 12.1 Å². The lowest BCUT2D eigenvalue weighted by molar-refractivity contribution is 0.0960. The van der Waals surface area contributed by atoms with E-state index in [1.165, 1.54) is 31.5 Å². The Hall–Kier alpha value is -0.0900. The molecule has 0 bridgehead atoms. The van der Waals surface area contributed by atoms with Gasteiger partial charge in [-0.3, -0.25) is 4.90 Å². The Labute approximate surface area is 136 Å². The molecular formula is C16H24BrClN2. The van der Waals surface area contributed by atoms with Gasteiger partial charge in [-0.2, -0.15) is 0 Å². The van der Waals surface area contributed by atoms with E-state index < -0.39 is 0 Å². The van der Waals surface area contributed by atoms with Crippen molar-refractivity contribution < 1.29 is 0 Å². The molecule has 1 aliphatic rings. The minimum Gasteiger partial charge on any atom is -0.310 e. The molecule has 0 atom stereocenters. The molecule has 0 aromatic heterocycles. The number of halogens is 2. The second-order valence-corrected chi connectivity index (χ2v) is 7.82. The molecule has 1 fully saturated rings. The summed E-state index contributed by atoms with van der Waals surface area (Å²) in [7, 11) is 0. The van der Waals surface area contributed by atoms with Crippen molar-refractivity contribution in [2.45, 2.75) is 51.7 Å². The van der Waals surface area contributed by atoms with Crippen molar-refractivity contribution in [3.8, 4) is 0 Å². The van der Waals surface area contributed by atoms with Crippen LogP contribution in [0, 0.1) is 0 Å². The number of nitrogens with zero attached hydrogens (tertiary/aromatic N) is 1. The lowest BCUT2D eigenvalue weighted by atomic mass is 9.98. The van der Waals surface area contributed by atoms with E-state index >= 15 is 0 Å². The third kappa shape index (κ3) is 4.45. The predicted molar refractivity (Wildman–Crippen MR) is 90.3 cm³/mol. The van der Waals surface area contributed by atoms with E-state index in [0.717, 1.165) is 16.0 Å². The Balaban J connectivity index is 1.80. The van der Waals surface area contributed by atoms with E-state index in [9.17, 15) is 0 Å². The van der Waals surface area contributed by atoms with Gasteiger partial charge in [-0.15, -0.1) is 0 Å². The third-order valence-corrected chi connectivity index (χ3v) is 5.25. The van der Waals surface area contributed by atoms with Crippen LogP contribution in [0.25, 0.3) is 0 Å². The molecule has 0 spiro atoms. The van der Waals surface area contributed by atoms with Gasteiger partial charge < -0.3 is 5.32 Å². The van der Waals surface area contributed by atoms with Crippen LogP contribution in [0.4, 0.5) is 0 Å². The van der Waals surface area contributed by atoms with E-state index in [4.69, 9.17) is 11.6 Å². The van der Waals surface area contributed by atoms with Crippen LogP contribution in [-0.4, -0.2) is 29.6 Å². The second-order valence-electron chi connectivity index (χ2n) is 6.56. The quantitative estimate of drug-likeness (QED) is 0.857. The summed E-state index contributed by atoms with van der Waals surface area (Å²) >= 11 is 9.55. The van der Waals surface area contributed by atoms with Crippen molar-refractivity contribution in [3.05, 3.63) is 33.3 Å². The molecule has 20 heavy (non-hydrogen) atoms. The van der Waals surface area contributed by atoms with E-state index in [0.29, 0.717) is 11.6 Å². The lowest BCUT2D eigenvalue weighted by Crippen LogP contribution is -2.49. The average molecular weight is 360 g/mol. The molecule has 2 rings (SSSR count). The van der Waals surface area contributed by atoms with Crippen molar-refractivity contribution in [1.82, 2.24) is 10.2 Å². The van der Waals surface area contributed by atoms with Crippen molar-refractivity contribution in [3.63, 3.8) is 0 Å². The van der Waals surface area contributed by atoms with Crippen LogP contribution in [0.5, 0.6) is 0 Å². The van der Waals surface area contributed by atoms with Crippen LogP contribution in [0.3, 0.4) is 0 Å². The number of likely N-dealkylation sites (tertiary alicyclic amines) is 1. The van der Waals surface area contributed by atoms with Crippen LogP contribution in [0.15, 0.2) is 22.7 Å². The van der Waals surface area contributed by atoms with Gasteiger partial charge >= 0.3 is 0 Å². The monoisotopic (exact) mass is 358 g/mol. The first-order valence-electron chi connectivity index (χ1n) is 7.28. The van der Waals surface area contributed by atoms with Crippen LogP contribution >= 0.6 is 27.5 Å². The molecule has 0 amide bonds. The molecule has 0 aliphatic carbocycles. The van der Waals surface area contributed by atoms with Crippen LogP contribution < -0.4 is 5.32 Å². The Morgan fingerprint density at radius 2 is 1.95 bits per heavy atom. The van der Waals surface area contributed by atoms with E-state index in [1.54, 1.807) is 0 Å². The Morgan fingerprint density at radius 3 is 2.50 bits per heavy atom. The lowest BCUT2D eigenvalue weighted by Gasteiger charge is -2.41. The van der Waals surface area contributed by atoms with Gasteiger partial charge in [0.15, 0.2) is 0 Å². The first kappa shape index (κ1) is 16.3. The second kappa shape index (κ2) is 6.78. The van der Waals surface area contributed by atoms with Gasteiger partial charge in [0.1, 0.15) is 0 Å². The van der Waals surface area contributed by atoms with Crippen LogP contribution in [0.2, 0.25) is 5.02 Å². The van der Waals surface area contributed by atoms with Crippen molar-refractivity contribution in [2.75, 3.05) is 13.1 Å². The summed E-state index contributed by atoms with van der Waals surface area (Å²) in [4.78, 5) is 2.57. The number of benzene rings is 1. The number of nitrogens with one attached hydrogen (secondary N) is 1. The molecule has 1 N–H and O–H groups in total. The first-order valence-corrected chi connectivity index (χ1v) is 8.46. The molecule has 1 saturated heterocycles. The zero-order valence-corrected chi connectivity index (χ0v) is 14.9. The number of hydrogen-bond acceptors (Lipinski definition) is 2. The summed E-state index contributed by atoms with van der Waals surface area (Å²) < 4.78 is 0.960. The molecule has 1 aromatic rings. The molecule has 2 nitrogen and oxygen atoms in total. The maximum Gasteiger partial charge on any atom is 0.0551 e. The fourth-order valence-electron chi connectivity index (χ4n) is 2.67. The molecule has 4 heteroatoms. The minimum atomic E-state index is 0.296. The summed E-state index contributed by atoms with van der Waals surface area (Å²) in [6, 6.07) is 6.79. The summed E-state index contributed by atoms with van der Waals surface area (Å²) in [5.74, 6) is 0. The topological polar surface area (TPSA) is 15.3 Å². The van der Waals surface area contributed by atoms with Gasteiger partial charge in [0, 0.05) is 35.7 Å².